The minimum absolute atomic E-state index is 0.490. The summed E-state index contributed by atoms with van der Waals surface area (Å²) in [6.07, 6.45) is 0. The first-order chi connectivity index (χ1) is 11.9. The van der Waals surface area contributed by atoms with Crippen LogP contribution in [-0.2, 0) is 10.9 Å². The second-order valence-electron chi connectivity index (χ2n) is 5.03. The summed E-state index contributed by atoms with van der Waals surface area (Å²) in [6.45, 7) is 0. The van der Waals surface area contributed by atoms with Gasteiger partial charge in [-0.05, 0) is 87.6 Å². The second kappa shape index (κ2) is 7.83. The normalized spacial score (nSPS) is 11.2. The summed E-state index contributed by atoms with van der Waals surface area (Å²) < 4.78 is 56.1. The predicted octanol–water partition coefficient (Wildman–Crippen LogP) is 6.55. The Hall–Kier alpha value is -0.810. The standard InChI is InChI=1S/C18H9F4I2S/c19-13-4-2-11(8-15(13)21)25(12-3-5-14(20)16(22)9-12)18-6-1-10(23)7-17(18)24/h1-9H/q+1. The van der Waals surface area contributed by atoms with Crippen LogP contribution in [0, 0.1) is 30.4 Å². The fourth-order valence-electron chi connectivity index (χ4n) is 2.24. The van der Waals surface area contributed by atoms with Crippen LogP contribution in [0.2, 0.25) is 0 Å². The van der Waals surface area contributed by atoms with Crippen LogP contribution in [0.1, 0.15) is 0 Å². The van der Waals surface area contributed by atoms with E-state index >= 15 is 0 Å². The number of benzene rings is 3. The van der Waals surface area contributed by atoms with E-state index in [0.717, 1.165) is 36.3 Å². The molecule has 0 nitrogen and oxygen atoms in total. The lowest BCUT2D eigenvalue weighted by Crippen LogP contribution is -2.08. The van der Waals surface area contributed by atoms with Crippen molar-refractivity contribution in [3.05, 3.63) is 85.0 Å². The van der Waals surface area contributed by atoms with Crippen molar-refractivity contribution in [3.63, 3.8) is 0 Å². The van der Waals surface area contributed by atoms with Crippen LogP contribution >= 0.6 is 45.2 Å². The molecule has 0 unspecified atom stereocenters. The maximum atomic E-state index is 13.8. The highest BCUT2D eigenvalue weighted by atomic mass is 127. The van der Waals surface area contributed by atoms with Gasteiger partial charge in [-0.15, -0.1) is 0 Å². The zero-order valence-corrected chi connectivity index (χ0v) is 17.5. The van der Waals surface area contributed by atoms with E-state index in [1.54, 1.807) is 0 Å². The van der Waals surface area contributed by atoms with Crippen LogP contribution in [0.3, 0.4) is 0 Å². The largest absolute Gasteiger partial charge is 0.204 e. The third kappa shape index (κ3) is 4.13. The summed E-state index contributed by atoms with van der Waals surface area (Å²) >= 11 is 4.33. The van der Waals surface area contributed by atoms with Gasteiger partial charge >= 0.3 is 0 Å². The number of rotatable bonds is 3. The summed E-state index contributed by atoms with van der Waals surface area (Å²) in [5.41, 5.74) is 0. The molecule has 0 bridgehead atoms. The van der Waals surface area contributed by atoms with Gasteiger partial charge in [0.25, 0.3) is 0 Å². The van der Waals surface area contributed by atoms with E-state index in [1.165, 1.54) is 12.1 Å². The lowest BCUT2D eigenvalue weighted by atomic mass is 10.3. The molecule has 128 valence electrons. The highest BCUT2D eigenvalue weighted by molar-refractivity contribution is 14.1. The van der Waals surface area contributed by atoms with E-state index in [9.17, 15) is 17.6 Å². The molecular formula is C18H9F4I2S+. The van der Waals surface area contributed by atoms with Crippen LogP contribution < -0.4 is 0 Å². The predicted molar refractivity (Wildman–Crippen MR) is 107 cm³/mol. The molecule has 0 fully saturated rings. The monoisotopic (exact) mass is 587 g/mol. The fourth-order valence-corrected chi connectivity index (χ4v) is 6.59. The molecular weight excluding hydrogens is 578 g/mol. The first-order valence-electron chi connectivity index (χ1n) is 6.96. The lowest BCUT2D eigenvalue weighted by molar-refractivity contribution is 0.505. The molecule has 0 amide bonds. The summed E-state index contributed by atoms with van der Waals surface area (Å²) in [6, 6.07) is 12.9. The molecule has 0 aliphatic carbocycles. The van der Waals surface area contributed by atoms with Gasteiger partial charge in [-0.1, -0.05) is 0 Å². The van der Waals surface area contributed by atoms with Crippen LogP contribution in [-0.4, -0.2) is 0 Å². The van der Waals surface area contributed by atoms with Crippen LogP contribution in [0.25, 0.3) is 0 Å². The van der Waals surface area contributed by atoms with Crippen molar-refractivity contribution < 1.29 is 17.6 Å². The molecule has 0 saturated carbocycles. The number of halogens is 6. The first-order valence-corrected chi connectivity index (χ1v) is 10.3. The van der Waals surface area contributed by atoms with Crippen molar-refractivity contribution in [1.29, 1.82) is 0 Å². The van der Waals surface area contributed by atoms with Gasteiger partial charge in [0.1, 0.15) is 10.9 Å². The van der Waals surface area contributed by atoms with E-state index in [0.29, 0.717) is 9.79 Å². The van der Waals surface area contributed by atoms with E-state index < -0.39 is 34.2 Å². The van der Waals surface area contributed by atoms with Crippen molar-refractivity contribution in [1.82, 2.24) is 0 Å². The van der Waals surface area contributed by atoms with Gasteiger partial charge in [-0.2, -0.15) is 0 Å². The van der Waals surface area contributed by atoms with Gasteiger partial charge in [-0.3, -0.25) is 0 Å². The number of hydrogen-bond donors (Lipinski definition) is 0. The van der Waals surface area contributed by atoms with Crippen LogP contribution in [0.5, 0.6) is 0 Å². The second-order valence-corrected chi connectivity index (χ2v) is 9.44. The van der Waals surface area contributed by atoms with Crippen molar-refractivity contribution in [2.24, 2.45) is 0 Å². The summed E-state index contributed by atoms with van der Waals surface area (Å²) in [4.78, 5) is 1.81. The minimum Gasteiger partial charge on any atom is -0.204 e. The maximum Gasteiger partial charge on any atom is 0.179 e. The van der Waals surface area contributed by atoms with Gasteiger partial charge in [-0.25, -0.2) is 17.6 Å². The van der Waals surface area contributed by atoms with Crippen LogP contribution in [0.4, 0.5) is 17.6 Å². The summed E-state index contributed by atoms with van der Waals surface area (Å²) in [7, 11) is -0.896. The minimum atomic E-state index is -0.974. The molecule has 0 aromatic heterocycles. The quantitative estimate of drug-likeness (QED) is 0.186. The number of hydrogen-bond acceptors (Lipinski definition) is 0. The molecule has 7 heteroatoms. The Morgan fingerprint density at radius 3 is 1.56 bits per heavy atom. The maximum absolute atomic E-state index is 13.8. The molecule has 3 aromatic carbocycles. The van der Waals surface area contributed by atoms with Gasteiger partial charge in [0.05, 0.1) is 3.57 Å². The Morgan fingerprint density at radius 1 is 0.600 bits per heavy atom. The first kappa shape index (κ1) is 19.0. The summed E-state index contributed by atoms with van der Waals surface area (Å²) in [5.74, 6) is -3.85. The summed E-state index contributed by atoms with van der Waals surface area (Å²) in [5, 5.41) is 0. The van der Waals surface area contributed by atoms with E-state index in [2.05, 4.69) is 45.2 Å². The zero-order chi connectivity index (χ0) is 18.1. The molecule has 3 rings (SSSR count). The molecule has 0 aliphatic heterocycles. The van der Waals surface area contributed by atoms with Gasteiger partial charge in [0.15, 0.2) is 38.0 Å². The molecule has 3 aromatic rings. The lowest BCUT2D eigenvalue weighted by Gasteiger charge is -2.10. The van der Waals surface area contributed by atoms with Gasteiger partial charge in [0.2, 0.25) is 0 Å². The van der Waals surface area contributed by atoms with Crippen molar-refractivity contribution in [2.45, 2.75) is 14.7 Å². The highest BCUT2D eigenvalue weighted by Crippen LogP contribution is 2.35. The zero-order valence-electron chi connectivity index (χ0n) is 12.4. The van der Waals surface area contributed by atoms with Crippen molar-refractivity contribution in [3.8, 4) is 0 Å². The average Bonchev–Trinajstić information content (AvgIpc) is 2.56. The third-order valence-corrected chi connectivity index (χ3v) is 7.54. The molecule has 0 heterocycles. The van der Waals surface area contributed by atoms with E-state index in [1.807, 2.05) is 18.2 Å². The molecule has 0 atom stereocenters. The molecule has 0 radical (unpaired) electrons. The smallest absolute Gasteiger partial charge is 0.179 e. The Labute approximate surface area is 172 Å². The molecule has 25 heavy (non-hydrogen) atoms. The van der Waals surface area contributed by atoms with Gasteiger partial charge < -0.3 is 0 Å². The van der Waals surface area contributed by atoms with E-state index in [4.69, 9.17) is 0 Å². The average molecular weight is 587 g/mol. The third-order valence-electron chi connectivity index (χ3n) is 3.37. The Balaban J connectivity index is 2.23. The molecule has 0 spiro atoms. The van der Waals surface area contributed by atoms with Crippen molar-refractivity contribution >= 4 is 56.1 Å². The van der Waals surface area contributed by atoms with E-state index in [-0.39, 0.29) is 0 Å². The Kier molecular flexibility index (Phi) is 5.94. The SMILES string of the molecule is Fc1ccc([S+](c2ccc(F)c(F)c2)c2ccc(I)cc2I)cc1F. The van der Waals surface area contributed by atoms with Crippen molar-refractivity contribution in [2.75, 3.05) is 0 Å². The molecule has 0 saturated heterocycles. The highest BCUT2D eigenvalue weighted by Gasteiger charge is 2.32. The molecule has 0 N–H and O–H groups in total. The Morgan fingerprint density at radius 2 is 1.12 bits per heavy atom. The Bertz CT molecular complexity index is 895. The fraction of sp³-hybridized carbons (Fsp3) is 0. The van der Waals surface area contributed by atoms with Gasteiger partial charge in [0, 0.05) is 15.7 Å². The topological polar surface area (TPSA) is 0 Å². The van der Waals surface area contributed by atoms with Crippen LogP contribution in [0.15, 0.2) is 69.3 Å². The molecule has 0 aliphatic rings.